The minimum absolute atomic E-state index is 0.224. The average Bonchev–Trinajstić information content (AvgIpc) is 3.08. The average molecular weight is 647 g/mol. The lowest BCUT2D eigenvalue weighted by Crippen LogP contribution is -1.99. The molecular formula is C40H40O4P2. The van der Waals surface area contributed by atoms with Gasteiger partial charge in [-0.15, -0.1) is 0 Å². The van der Waals surface area contributed by atoms with Gasteiger partial charge in [-0.25, -0.2) is 0 Å². The summed E-state index contributed by atoms with van der Waals surface area (Å²) in [5, 5.41) is 4.46. The third-order valence-corrected chi connectivity index (χ3v) is 9.48. The Labute approximate surface area is 276 Å². The van der Waals surface area contributed by atoms with Crippen LogP contribution in [0.4, 0.5) is 0 Å². The Kier molecular flexibility index (Phi) is 10.1. The standard InChI is InChI=1S/C40H40O4P2/c1-6-28-25-30-16-8-10-20-34(30)39(40(28)44-46-42-36-22-14-12-18-32(36)27(4)5)38-33-19-9-7-15-29(33)23-24-37(38)43-45-41-35-21-13-11-17-31(35)26(2)3/h7-27,45-46H,6H2,1-5H3. The SMILES string of the molecule is CCc1cc2ccccc2c(-c2c(OPOc3ccccc3C(C)C)ccc3ccccc23)c1OPOc1ccccc1C(C)C. The van der Waals surface area contributed by atoms with Crippen LogP contribution in [-0.2, 0) is 6.42 Å². The van der Waals surface area contributed by atoms with Crippen molar-refractivity contribution < 1.29 is 18.1 Å². The van der Waals surface area contributed by atoms with E-state index in [1.807, 2.05) is 30.3 Å². The van der Waals surface area contributed by atoms with Gasteiger partial charge in [0.1, 0.15) is 23.0 Å². The van der Waals surface area contributed by atoms with Gasteiger partial charge in [0.05, 0.1) is 0 Å². The van der Waals surface area contributed by atoms with Crippen molar-refractivity contribution in [2.75, 3.05) is 0 Å². The lowest BCUT2D eigenvalue weighted by molar-refractivity contribution is 0.505. The van der Waals surface area contributed by atoms with E-state index in [0.717, 1.165) is 78.8 Å². The van der Waals surface area contributed by atoms with E-state index in [9.17, 15) is 0 Å². The molecule has 4 nitrogen and oxygen atoms in total. The summed E-state index contributed by atoms with van der Waals surface area (Å²) in [4.78, 5) is 0. The number of para-hydroxylation sites is 2. The van der Waals surface area contributed by atoms with Crippen molar-refractivity contribution in [3.8, 4) is 34.1 Å². The van der Waals surface area contributed by atoms with Crippen molar-refractivity contribution in [2.24, 2.45) is 0 Å². The van der Waals surface area contributed by atoms with Crippen LogP contribution in [0, 0.1) is 0 Å². The highest BCUT2D eigenvalue weighted by atomic mass is 31.1. The molecule has 6 aromatic rings. The van der Waals surface area contributed by atoms with Crippen molar-refractivity contribution in [3.05, 3.63) is 132 Å². The molecule has 0 aliphatic carbocycles. The molecule has 46 heavy (non-hydrogen) atoms. The summed E-state index contributed by atoms with van der Waals surface area (Å²) in [5.41, 5.74) is 5.43. The van der Waals surface area contributed by atoms with Crippen LogP contribution in [0.2, 0.25) is 0 Å². The van der Waals surface area contributed by atoms with Crippen molar-refractivity contribution in [2.45, 2.75) is 52.9 Å². The lowest BCUT2D eigenvalue weighted by Gasteiger charge is -2.22. The van der Waals surface area contributed by atoms with Crippen molar-refractivity contribution >= 4 is 39.6 Å². The molecule has 2 atom stereocenters. The molecule has 0 saturated carbocycles. The van der Waals surface area contributed by atoms with Gasteiger partial charge in [0, 0.05) is 11.1 Å². The van der Waals surface area contributed by atoms with Gasteiger partial charge in [-0.05, 0) is 80.8 Å². The number of hydrogen-bond acceptors (Lipinski definition) is 4. The van der Waals surface area contributed by atoms with Gasteiger partial charge in [0.25, 0.3) is 18.1 Å². The minimum atomic E-state index is -0.226. The van der Waals surface area contributed by atoms with Crippen LogP contribution in [0.25, 0.3) is 32.7 Å². The Bertz CT molecular complexity index is 1970. The molecule has 0 bridgehead atoms. The number of rotatable bonds is 12. The minimum Gasteiger partial charge on any atom is -0.440 e. The van der Waals surface area contributed by atoms with E-state index < -0.39 is 0 Å². The summed E-state index contributed by atoms with van der Waals surface area (Å²) >= 11 is 0. The van der Waals surface area contributed by atoms with Crippen LogP contribution in [0.15, 0.2) is 115 Å². The topological polar surface area (TPSA) is 36.9 Å². The fourth-order valence-electron chi connectivity index (χ4n) is 5.93. The van der Waals surface area contributed by atoms with E-state index >= 15 is 0 Å². The van der Waals surface area contributed by atoms with Crippen LogP contribution in [0.1, 0.15) is 63.1 Å². The molecule has 2 unspecified atom stereocenters. The van der Waals surface area contributed by atoms with E-state index in [2.05, 4.69) is 120 Å². The van der Waals surface area contributed by atoms with Crippen LogP contribution in [0.5, 0.6) is 23.0 Å². The van der Waals surface area contributed by atoms with Gasteiger partial charge < -0.3 is 18.1 Å². The normalized spacial score (nSPS) is 11.9. The molecule has 234 valence electrons. The van der Waals surface area contributed by atoms with Crippen LogP contribution < -0.4 is 18.1 Å². The zero-order valence-electron chi connectivity index (χ0n) is 27.0. The molecule has 6 aromatic carbocycles. The van der Waals surface area contributed by atoms with Gasteiger partial charge in [0.15, 0.2) is 0 Å². The number of aryl methyl sites for hydroxylation is 1. The highest BCUT2D eigenvalue weighted by Crippen LogP contribution is 2.50. The molecule has 0 aromatic heterocycles. The first-order chi connectivity index (χ1) is 22.5. The summed E-state index contributed by atoms with van der Waals surface area (Å²) in [6.45, 7) is 10.9. The Morgan fingerprint density at radius 1 is 0.500 bits per heavy atom. The molecule has 0 N–H and O–H groups in total. The Hall–Kier alpha value is -4.10. The summed E-state index contributed by atoms with van der Waals surface area (Å²) in [6, 6.07) is 39.7. The smallest absolute Gasteiger partial charge is 0.275 e. The van der Waals surface area contributed by atoms with Crippen molar-refractivity contribution in [3.63, 3.8) is 0 Å². The van der Waals surface area contributed by atoms with E-state index in [-0.39, 0.29) is 18.1 Å². The molecule has 6 heteroatoms. The third kappa shape index (κ3) is 6.70. The second kappa shape index (κ2) is 14.5. The van der Waals surface area contributed by atoms with Gasteiger partial charge >= 0.3 is 0 Å². The molecule has 0 spiro atoms. The van der Waals surface area contributed by atoms with Crippen LogP contribution >= 0.6 is 18.1 Å². The summed E-state index contributed by atoms with van der Waals surface area (Å²) in [6.07, 6.45) is 0.804. The number of hydrogen-bond donors (Lipinski definition) is 0. The van der Waals surface area contributed by atoms with Crippen molar-refractivity contribution in [1.29, 1.82) is 0 Å². The van der Waals surface area contributed by atoms with E-state index in [4.69, 9.17) is 18.1 Å². The van der Waals surface area contributed by atoms with Gasteiger partial charge in [-0.2, -0.15) is 0 Å². The number of benzene rings is 6. The van der Waals surface area contributed by atoms with Crippen molar-refractivity contribution in [1.82, 2.24) is 0 Å². The first-order valence-electron chi connectivity index (χ1n) is 15.9. The highest BCUT2D eigenvalue weighted by Gasteiger charge is 2.23. The van der Waals surface area contributed by atoms with E-state index in [1.54, 1.807) is 0 Å². The largest absolute Gasteiger partial charge is 0.440 e. The Morgan fingerprint density at radius 2 is 1.00 bits per heavy atom. The van der Waals surface area contributed by atoms with Gasteiger partial charge in [-0.1, -0.05) is 126 Å². The number of fused-ring (bicyclic) bond motifs is 2. The second-order valence-corrected chi connectivity index (χ2v) is 13.1. The molecule has 0 aliphatic heterocycles. The molecule has 0 heterocycles. The Morgan fingerprint density at radius 3 is 1.61 bits per heavy atom. The quantitative estimate of drug-likeness (QED) is 0.124. The fourth-order valence-corrected chi connectivity index (χ4v) is 7.14. The first-order valence-corrected chi connectivity index (χ1v) is 17.5. The van der Waals surface area contributed by atoms with Crippen LogP contribution in [-0.4, -0.2) is 0 Å². The maximum absolute atomic E-state index is 6.70. The van der Waals surface area contributed by atoms with Gasteiger partial charge in [0.2, 0.25) is 0 Å². The fraction of sp³-hybridized carbons (Fsp3) is 0.200. The first kappa shape index (κ1) is 31.9. The third-order valence-electron chi connectivity index (χ3n) is 8.28. The summed E-state index contributed by atoms with van der Waals surface area (Å²) in [7, 11) is -0.450. The summed E-state index contributed by atoms with van der Waals surface area (Å²) < 4.78 is 25.8. The van der Waals surface area contributed by atoms with Crippen LogP contribution in [0.3, 0.4) is 0 Å². The highest BCUT2D eigenvalue weighted by molar-refractivity contribution is 7.27. The maximum Gasteiger partial charge on any atom is 0.275 e. The molecule has 0 fully saturated rings. The zero-order chi connectivity index (χ0) is 32.0. The van der Waals surface area contributed by atoms with E-state index in [0.29, 0.717) is 11.8 Å². The molecule has 6 rings (SSSR count). The molecule has 0 amide bonds. The molecule has 0 saturated heterocycles. The second-order valence-electron chi connectivity index (χ2n) is 11.9. The monoisotopic (exact) mass is 646 g/mol. The maximum atomic E-state index is 6.70. The summed E-state index contributed by atoms with van der Waals surface area (Å²) in [5.74, 6) is 3.95. The van der Waals surface area contributed by atoms with E-state index in [1.165, 1.54) is 0 Å². The molecule has 0 aliphatic rings. The lowest BCUT2D eigenvalue weighted by atomic mass is 9.90. The zero-order valence-corrected chi connectivity index (χ0v) is 29.0. The molecular weight excluding hydrogens is 606 g/mol. The van der Waals surface area contributed by atoms with Gasteiger partial charge in [-0.3, -0.25) is 0 Å². The predicted octanol–water partition coefficient (Wildman–Crippen LogP) is 12.4. The molecule has 0 radical (unpaired) electrons. The Balaban J connectivity index is 1.45. The predicted molar refractivity (Wildman–Crippen MR) is 196 cm³/mol.